The zero-order chi connectivity index (χ0) is 13.7. The van der Waals surface area contributed by atoms with Gasteiger partial charge in [0.15, 0.2) is 0 Å². The van der Waals surface area contributed by atoms with Crippen molar-refractivity contribution in [2.45, 2.75) is 25.4 Å². The minimum absolute atomic E-state index is 0.197. The summed E-state index contributed by atoms with van der Waals surface area (Å²) in [4.78, 5) is 0. The first-order valence-corrected chi connectivity index (χ1v) is 7.06. The molecule has 0 radical (unpaired) electrons. The number of fused-ring (bicyclic) bond motifs is 5. The molecule has 0 aliphatic heterocycles. The van der Waals surface area contributed by atoms with Crippen LogP contribution < -0.4 is 0 Å². The molecule has 1 aliphatic carbocycles. The lowest BCUT2D eigenvalue weighted by atomic mass is 9.85. The molecule has 2 nitrogen and oxygen atoms in total. The highest BCUT2D eigenvalue weighted by Gasteiger charge is 2.18. The van der Waals surface area contributed by atoms with Crippen LogP contribution in [0.4, 0.5) is 0 Å². The summed E-state index contributed by atoms with van der Waals surface area (Å²) in [6, 6.07) is 14.0. The van der Waals surface area contributed by atoms with Crippen LogP contribution in [0.3, 0.4) is 0 Å². The highest BCUT2D eigenvalue weighted by Crippen LogP contribution is 2.34. The first-order valence-electron chi connectivity index (χ1n) is 7.06. The molecule has 4 rings (SSSR count). The number of aliphatic hydroxyl groups excluding tert-OH is 1. The van der Waals surface area contributed by atoms with Crippen molar-refractivity contribution >= 4 is 21.5 Å². The largest absolute Gasteiger partial charge is 0.508 e. The molecule has 0 fully saturated rings. The van der Waals surface area contributed by atoms with E-state index in [4.69, 9.17) is 0 Å². The van der Waals surface area contributed by atoms with Gasteiger partial charge in [-0.15, -0.1) is 0 Å². The molecule has 0 saturated heterocycles. The van der Waals surface area contributed by atoms with Gasteiger partial charge in [-0.2, -0.15) is 0 Å². The number of hydrogen-bond donors (Lipinski definition) is 2. The number of phenolic OH excluding ortho intramolecular Hbond substituents is 1. The summed E-state index contributed by atoms with van der Waals surface area (Å²) in [6.45, 7) is 0. The average Bonchev–Trinajstić information content (AvgIpc) is 2.45. The van der Waals surface area contributed by atoms with Gasteiger partial charge < -0.3 is 10.2 Å². The number of aryl methyl sites for hydroxylation is 1. The van der Waals surface area contributed by atoms with Crippen LogP contribution in [0.25, 0.3) is 21.5 Å². The fraction of sp³-hybridized carbons (Fsp3) is 0.222. The highest BCUT2D eigenvalue weighted by molar-refractivity contribution is 6.09. The van der Waals surface area contributed by atoms with E-state index in [0.717, 1.165) is 24.6 Å². The van der Waals surface area contributed by atoms with E-state index in [2.05, 4.69) is 24.3 Å². The molecule has 0 bridgehead atoms. The second-order valence-corrected chi connectivity index (χ2v) is 5.67. The van der Waals surface area contributed by atoms with Gasteiger partial charge in [0, 0.05) is 0 Å². The minimum Gasteiger partial charge on any atom is -0.508 e. The normalized spacial score (nSPS) is 18.4. The van der Waals surface area contributed by atoms with Crippen molar-refractivity contribution < 1.29 is 10.2 Å². The van der Waals surface area contributed by atoms with Gasteiger partial charge in [0.05, 0.1) is 6.10 Å². The maximum atomic E-state index is 9.80. The van der Waals surface area contributed by atoms with Crippen LogP contribution >= 0.6 is 0 Å². The lowest BCUT2D eigenvalue weighted by Gasteiger charge is -2.22. The smallest absolute Gasteiger partial charge is 0.116 e. The van der Waals surface area contributed by atoms with Gasteiger partial charge in [-0.25, -0.2) is 0 Å². The van der Waals surface area contributed by atoms with Gasteiger partial charge in [-0.3, -0.25) is 0 Å². The summed E-state index contributed by atoms with van der Waals surface area (Å²) >= 11 is 0. The summed E-state index contributed by atoms with van der Waals surface area (Å²) < 4.78 is 0. The predicted octanol–water partition coefficient (Wildman–Crippen LogP) is 3.55. The van der Waals surface area contributed by atoms with E-state index in [-0.39, 0.29) is 6.10 Å². The highest BCUT2D eigenvalue weighted by atomic mass is 16.3. The van der Waals surface area contributed by atoms with Crippen molar-refractivity contribution in [3.05, 3.63) is 53.6 Å². The molecule has 3 aromatic rings. The second kappa shape index (κ2) is 4.22. The van der Waals surface area contributed by atoms with Crippen molar-refractivity contribution in [2.24, 2.45) is 0 Å². The van der Waals surface area contributed by atoms with Gasteiger partial charge in [0.2, 0.25) is 0 Å². The minimum atomic E-state index is -0.197. The molecule has 3 aromatic carbocycles. The van der Waals surface area contributed by atoms with E-state index in [9.17, 15) is 10.2 Å². The Labute approximate surface area is 117 Å². The molecule has 2 N–H and O–H groups in total. The fourth-order valence-electron chi connectivity index (χ4n) is 3.39. The monoisotopic (exact) mass is 264 g/mol. The maximum absolute atomic E-state index is 9.80. The molecule has 0 amide bonds. The molecule has 100 valence electrons. The third kappa shape index (κ3) is 1.69. The molecule has 0 aromatic heterocycles. The standard InChI is InChI=1S/C18H16O2/c19-13-3-7-15-11(9-13)1-5-17-16-8-4-14(20)10-12(16)2-6-18(15)17/h1-3,5-7,9,14,19-20H,4,8,10H2. The molecule has 1 unspecified atom stereocenters. The quantitative estimate of drug-likeness (QED) is 0.610. The van der Waals surface area contributed by atoms with Crippen LogP contribution in [0.5, 0.6) is 5.75 Å². The van der Waals surface area contributed by atoms with Gasteiger partial charge in [0.1, 0.15) is 5.75 Å². The summed E-state index contributed by atoms with van der Waals surface area (Å²) in [7, 11) is 0. The SMILES string of the molecule is Oc1ccc2c(ccc3c4c(ccc32)CC(O)CC4)c1. The maximum Gasteiger partial charge on any atom is 0.116 e. The van der Waals surface area contributed by atoms with E-state index < -0.39 is 0 Å². The number of rotatable bonds is 0. The first-order chi connectivity index (χ1) is 9.72. The van der Waals surface area contributed by atoms with Crippen LogP contribution in [0, 0.1) is 0 Å². The van der Waals surface area contributed by atoms with Gasteiger partial charge in [0.25, 0.3) is 0 Å². The number of aromatic hydroxyl groups is 1. The molecular weight excluding hydrogens is 248 g/mol. The number of hydrogen-bond acceptors (Lipinski definition) is 2. The Hall–Kier alpha value is -2.06. The molecular formula is C18H16O2. The van der Waals surface area contributed by atoms with E-state index in [1.54, 1.807) is 12.1 Å². The van der Waals surface area contributed by atoms with Crippen LogP contribution in [0.1, 0.15) is 17.5 Å². The second-order valence-electron chi connectivity index (χ2n) is 5.67. The molecule has 2 heteroatoms. The Morgan fingerprint density at radius 3 is 2.60 bits per heavy atom. The summed E-state index contributed by atoms with van der Waals surface area (Å²) in [5.41, 5.74) is 2.65. The Balaban J connectivity index is 2.05. The number of benzene rings is 3. The van der Waals surface area contributed by atoms with Crippen LogP contribution in [-0.4, -0.2) is 16.3 Å². The molecule has 1 atom stereocenters. The Bertz CT molecular complexity index is 820. The zero-order valence-corrected chi connectivity index (χ0v) is 11.1. The van der Waals surface area contributed by atoms with Crippen molar-refractivity contribution in [1.29, 1.82) is 0 Å². The van der Waals surface area contributed by atoms with Crippen molar-refractivity contribution in [2.75, 3.05) is 0 Å². The van der Waals surface area contributed by atoms with E-state index in [1.165, 1.54) is 27.3 Å². The third-order valence-corrected chi connectivity index (χ3v) is 4.39. The Kier molecular flexibility index (Phi) is 2.48. The Morgan fingerprint density at radius 2 is 1.70 bits per heavy atom. The average molecular weight is 264 g/mol. The Morgan fingerprint density at radius 1 is 0.900 bits per heavy atom. The number of phenols is 1. The van der Waals surface area contributed by atoms with E-state index >= 15 is 0 Å². The molecule has 0 spiro atoms. The first kappa shape index (κ1) is 11.7. The van der Waals surface area contributed by atoms with Crippen LogP contribution in [-0.2, 0) is 12.8 Å². The summed E-state index contributed by atoms with van der Waals surface area (Å²) in [5.74, 6) is 0.304. The van der Waals surface area contributed by atoms with Crippen LogP contribution in [0.2, 0.25) is 0 Å². The zero-order valence-electron chi connectivity index (χ0n) is 11.1. The van der Waals surface area contributed by atoms with Crippen molar-refractivity contribution in [3.63, 3.8) is 0 Å². The summed E-state index contributed by atoms with van der Waals surface area (Å²) in [5, 5.41) is 24.2. The lowest BCUT2D eigenvalue weighted by Crippen LogP contribution is -2.18. The molecule has 0 saturated carbocycles. The third-order valence-electron chi connectivity index (χ3n) is 4.39. The molecule has 20 heavy (non-hydrogen) atoms. The van der Waals surface area contributed by atoms with Crippen molar-refractivity contribution in [1.82, 2.24) is 0 Å². The summed E-state index contributed by atoms with van der Waals surface area (Å²) in [6.07, 6.45) is 2.35. The predicted molar refractivity (Wildman–Crippen MR) is 81.2 cm³/mol. The topological polar surface area (TPSA) is 40.5 Å². The number of aliphatic hydroxyl groups is 1. The van der Waals surface area contributed by atoms with Gasteiger partial charge >= 0.3 is 0 Å². The van der Waals surface area contributed by atoms with Gasteiger partial charge in [-0.1, -0.05) is 30.3 Å². The van der Waals surface area contributed by atoms with E-state index in [0.29, 0.717) is 5.75 Å². The van der Waals surface area contributed by atoms with Crippen molar-refractivity contribution in [3.8, 4) is 5.75 Å². The van der Waals surface area contributed by atoms with Crippen LogP contribution in [0.15, 0.2) is 42.5 Å². The van der Waals surface area contributed by atoms with Gasteiger partial charge in [-0.05, 0) is 64.1 Å². The fourth-order valence-corrected chi connectivity index (χ4v) is 3.39. The molecule has 0 heterocycles. The lowest BCUT2D eigenvalue weighted by molar-refractivity contribution is 0.159. The van der Waals surface area contributed by atoms with E-state index in [1.807, 2.05) is 6.07 Å². The molecule has 1 aliphatic rings.